The molecular weight excluding hydrogens is 294 g/mol. The predicted molar refractivity (Wildman–Crippen MR) is 80.7 cm³/mol. The number of aliphatic hydroxyl groups is 2. The van der Waals surface area contributed by atoms with E-state index in [2.05, 4.69) is 10.2 Å². The van der Waals surface area contributed by atoms with E-state index in [4.69, 9.17) is 16.7 Å². The van der Waals surface area contributed by atoms with Gasteiger partial charge in [-0.2, -0.15) is 5.10 Å². The maximum absolute atomic E-state index is 12.6. The van der Waals surface area contributed by atoms with Gasteiger partial charge in [0.25, 0.3) is 5.56 Å². The van der Waals surface area contributed by atoms with E-state index in [1.165, 1.54) is 4.57 Å². The first-order valence-electron chi connectivity index (χ1n) is 6.48. The van der Waals surface area contributed by atoms with E-state index in [-0.39, 0.29) is 12.1 Å². The van der Waals surface area contributed by atoms with Gasteiger partial charge in [-0.15, -0.1) is 0 Å². The van der Waals surface area contributed by atoms with Crippen LogP contribution in [-0.4, -0.2) is 37.7 Å². The van der Waals surface area contributed by atoms with Crippen molar-refractivity contribution in [3.8, 4) is 0 Å². The Morgan fingerprint density at radius 1 is 1.48 bits per heavy atom. The maximum Gasteiger partial charge on any atom is 0.262 e. The van der Waals surface area contributed by atoms with Crippen molar-refractivity contribution in [1.29, 1.82) is 0 Å². The van der Waals surface area contributed by atoms with Gasteiger partial charge in [-0.05, 0) is 25.1 Å². The molecular formula is C14H14ClN3O3. The number of benzene rings is 1. The number of hydrogen-bond acceptors (Lipinski definition) is 4. The lowest BCUT2D eigenvalue weighted by Crippen LogP contribution is -2.29. The van der Waals surface area contributed by atoms with Gasteiger partial charge < -0.3 is 14.8 Å². The van der Waals surface area contributed by atoms with E-state index in [0.29, 0.717) is 27.1 Å². The number of nitrogens with one attached hydrogen (secondary N) is 1. The van der Waals surface area contributed by atoms with Gasteiger partial charge in [-0.25, -0.2) is 0 Å². The quantitative estimate of drug-likeness (QED) is 0.678. The van der Waals surface area contributed by atoms with Crippen LogP contribution in [0.2, 0.25) is 5.02 Å². The predicted octanol–water partition coefficient (Wildman–Crippen LogP) is 1.19. The smallest absolute Gasteiger partial charge is 0.262 e. The molecule has 1 aromatic carbocycles. The molecule has 0 aliphatic rings. The minimum absolute atomic E-state index is 0.00796. The molecule has 0 fully saturated rings. The molecule has 0 aliphatic heterocycles. The summed E-state index contributed by atoms with van der Waals surface area (Å²) in [5, 5.41) is 27.4. The molecule has 21 heavy (non-hydrogen) atoms. The highest BCUT2D eigenvalue weighted by Crippen LogP contribution is 2.25. The summed E-state index contributed by atoms with van der Waals surface area (Å²) in [6.07, 6.45) is -1.01. The van der Waals surface area contributed by atoms with E-state index < -0.39 is 12.7 Å². The van der Waals surface area contributed by atoms with Crippen molar-refractivity contribution in [2.75, 3.05) is 6.61 Å². The molecule has 3 rings (SSSR count). The normalized spacial score (nSPS) is 13.1. The SMILES string of the molecule is Cc1[nH]nc2c1c(=O)n(CC(O)CO)c1ccc(Cl)cc21. The Morgan fingerprint density at radius 2 is 2.24 bits per heavy atom. The van der Waals surface area contributed by atoms with Gasteiger partial charge in [-0.3, -0.25) is 9.89 Å². The van der Waals surface area contributed by atoms with Crippen molar-refractivity contribution < 1.29 is 10.2 Å². The van der Waals surface area contributed by atoms with Crippen molar-refractivity contribution >= 4 is 33.4 Å². The molecule has 3 aromatic rings. The maximum atomic E-state index is 12.6. The third-order valence-corrected chi connectivity index (χ3v) is 3.75. The molecule has 2 heterocycles. The summed E-state index contributed by atoms with van der Waals surface area (Å²) in [6, 6.07) is 5.13. The number of fused-ring (bicyclic) bond motifs is 3. The van der Waals surface area contributed by atoms with Crippen molar-refractivity contribution in [2.24, 2.45) is 0 Å². The highest BCUT2D eigenvalue weighted by Gasteiger charge is 2.17. The molecule has 110 valence electrons. The molecule has 0 saturated heterocycles. The zero-order chi connectivity index (χ0) is 15.1. The number of aryl methyl sites for hydroxylation is 1. The second kappa shape index (κ2) is 5.14. The van der Waals surface area contributed by atoms with E-state index in [9.17, 15) is 9.90 Å². The van der Waals surface area contributed by atoms with Gasteiger partial charge >= 0.3 is 0 Å². The second-order valence-electron chi connectivity index (χ2n) is 4.99. The Morgan fingerprint density at radius 3 is 2.95 bits per heavy atom. The number of nitrogens with zero attached hydrogens (tertiary/aromatic N) is 2. The lowest BCUT2D eigenvalue weighted by Gasteiger charge is -2.14. The fraction of sp³-hybridized carbons (Fsp3) is 0.286. The van der Waals surface area contributed by atoms with E-state index in [0.717, 1.165) is 5.39 Å². The Hall–Kier alpha value is -1.89. The molecule has 0 amide bonds. The first-order valence-corrected chi connectivity index (χ1v) is 6.86. The van der Waals surface area contributed by atoms with Crippen molar-refractivity contribution in [3.63, 3.8) is 0 Å². The number of rotatable bonds is 3. The van der Waals surface area contributed by atoms with Crippen LogP contribution in [0.3, 0.4) is 0 Å². The summed E-state index contributed by atoms with van der Waals surface area (Å²) in [5.74, 6) is 0. The molecule has 0 aliphatic carbocycles. The van der Waals surface area contributed by atoms with Crippen LogP contribution in [0.4, 0.5) is 0 Å². The number of aromatic nitrogens is 3. The minimum Gasteiger partial charge on any atom is -0.394 e. The van der Waals surface area contributed by atoms with Crippen LogP contribution in [-0.2, 0) is 6.54 Å². The van der Waals surface area contributed by atoms with Crippen LogP contribution >= 0.6 is 11.6 Å². The van der Waals surface area contributed by atoms with E-state index in [1.54, 1.807) is 25.1 Å². The summed E-state index contributed by atoms with van der Waals surface area (Å²) in [7, 11) is 0. The Labute approximate surface area is 124 Å². The third kappa shape index (κ3) is 2.21. The molecule has 3 N–H and O–H groups in total. The largest absolute Gasteiger partial charge is 0.394 e. The van der Waals surface area contributed by atoms with Crippen LogP contribution in [0.1, 0.15) is 5.69 Å². The number of hydrogen-bond donors (Lipinski definition) is 3. The molecule has 6 nitrogen and oxygen atoms in total. The summed E-state index contributed by atoms with van der Waals surface area (Å²) in [5.41, 5.74) is 1.59. The molecule has 0 bridgehead atoms. The molecule has 0 spiro atoms. The second-order valence-corrected chi connectivity index (χ2v) is 5.42. The molecule has 1 atom stereocenters. The highest BCUT2D eigenvalue weighted by molar-refractivity contribution is 6.31. The van der Waals surface area contributed by atoms with Gasteiger partial charge in [0.15, 0.2) is 0 Å². The van der Waals surface area contributed by atoms with Gasteiger partial charge in [0.1, 0.15) is 5.52 Å². The standard InChI is InChI=1S/C14H14ClN3O3/c1-7-12-13(17-16-7)10-4-8(15)2-3-11(10)18(14(12)21)5-9(20)6-19/h2-4,9,19-20H,5-6H2,1H3,(H,16,17). The summed E-state index contributed by atoms with van der Waals surface area (Å²) in [4.78, 5) is 12.6. The van der Waals surface area contributed by atoms with E-state index in [1.807, 2.05) is 0 Å². The average molecular weight is 308 g/mol. The summed E-state index contributed by atoms with van der Waals surface area (Å²) >= 11 is 6.04. The first kappa shape index (κ1) is 14.1. The van der Waals surface area contributed by atoms with Gasteiger partial charge in [0.05, 0.1) is 30.2 Å². The third-order valence-electron chi connectivity index (χ3n) is 3.51. The van der Waals surface area contributed by atoms with Gasteiger partial charge in [-0.1, -0.05) is 11.6 Å². The molecule has 0 radical (unpaired) electrons. The number of halogens is 1. The summed E-state index contributed by atoms with van der Waals surface area (Å²) in [6.45, 7) is 1.36. The topological polar surface area (TPSA) is 91.1 Å². The van der Waals surface area contributed by atoms with Crippen molar-refractivity contribution in [3.05, 3.63) is 39.3 Å². The number of pyridine rings is 1. The van der Waals surface area contributed by atoms with Crippen LogP contribution in [0.15, 0.2) is 23.0 Å². The van der Waals surface area contributed by atoms with Gasteiger partial charge in [0, 0.05) is 16.1 Å². The average Bonchev–Trinajstić information content (AvgIpc) is 2.85. The van der Waals surface area contributed by atoms with Crippen LogP contribution in [0.5, 0.6) is 0 Å². The lowest BCUT2D eigenvalue weighted by atomic mass is 10.1. The number of aliphatic hydroxyl groups excluding tert-OH is 2. The monoisotopic (exact) mass is 307 g/mol. The number of H-pyrrole nitrogens is 1. The lowest BCUT2D eigenvalue weighted by molar-refractivity contribution is 0.0815. The fourth-order valence-electron chi connectivity index (χ4n) is 2.51. The molecule has 0 saturated carbocycles. The Kier molecular flexibility index (Phi) is 3.44. The molecule has 1 unspecified atom stereocenters. The number of aromatic amines is 1. The van der Waals surface area contributed by atoms with Crippen LogP contribution in [0, 0.1) is 6.92 Å². The van der Waals surface area contributed by atoms with E-state index >= 15 is 0 Å². The van der Waals surface area contributed by atoms with Crippen molar-refractivity contribution in [1.82, 2.24) is 14.8 Å². The Balaban J connectivity index is 2.45. The summed E-state index contributed by atoms with van der Waals surface area (Å²) < 4.78 is 1.44. The Bertz CT molecular complexity index is 884. The first-order chi connectivity index (χ1) is 10.0. The fourth-order valence-corrected chi connectivity index (χ4v) is 2.69. The molecule has 2 aromatic heterocycles. The zero-order valence-electron chi connectivity index (χ0n) is 11.3. The van der Waals surface area contributed by atoms with Gasteiger partial charge in [0.2, 0.25) is 0 Å². The highest BCUT2D eigenvalue weighted by atomic mass is 35.5. The van der Waals surface area contributed by atoms with Crippen LogP contribution < -0.4 is 5.56 Å². The van der Waals surface area contributed by atoms with Crippen LogP contribution in [0.25, 0.3) is 21.8 Å². The van der Waals surface area contributed by atoms with Crippen molar-refractivity contribution in [2.45, 2.75) is 19.6 Å². The molecule has 7 heteroatoms. The minimum atomic E-state index is -1.01. The zero-order valence-corrected chi connectivity index (χ0v) is 12.1.